The zero-order valence-electron chi connectivity index (χ0n) is 13.3. The number of thioether (sulfide) groups is 1. The van der Waals surface area contributed by atoms with Gasteiger partial charge in [0, 0.05) is 0 Å². The first kappa shape index (κ1) is 17.3. The number of carbonyl (C=O) groups excluding carboxylic acids is 1. The smallest absolute Gasteiger partial charge is 0.285 e. The van der Waals surface area contributed by atoms with Crippen LogP contribution in [0, 0.1) is 0 Å². The summed E-state index contributed by atoms with van der Waals surface area (Å²) in [6.45, 7) is 4.08. The molecule has 1 aliphatic heterocycles. The zero-order chi connectivity index (χ0) is 17.6. The Kier molecular flexibility index (Phi) is 5.53. The fraction of sp³-hybridized carbons (Fsp3) is 0.0526. The maximum absolute atomic E-state index is 12.6. The van der Waals surface area contributed by atoms with Crippen LogP contribution >= 0.6 is 24.0 Å². The Hall–Kier alpha value is -2.57. The molecule has 1 fully saturated rings. The quantitative estimate of drug-likeness (QED) is 0.463. The summed E-state index contributed by atoms with van der Waals surface area (Å²) in [5.41, 5.74) is 4.76. The molecule has 2 aromatic rings. The average Bonchev–Trinajstić information content (AvgIpc) is 2.89. The number of nitrogens with one attached hydrogen (secondary N) is 1. The van der Waals surface area contributed by atoms with Crippen molar-refractivity contribution < 1.29 is 9.53 Å². The second-order valence-electron chi connectivity index (χ2n) is 5.16. The summed E-state index contributed by atoms with van der Waals surface area (Å²) in [6.07, 6.45) is 3.52. The van der Waals surface area contributed by atoms with Crippen molar-refractivity contribution in [2.75, 3.05) is 12.0 Å². The number of hydrazine groups is 1. The van der Waals surface area contributed by atoms with E-state index in [1.165, 1.54) is 16.8 Å². The molecule has 1 aliphatic rings. The molecule has 2 aromatic carbocycles. The van der Waals surface area contributed by atoms with E-state index in [4.69, 9.17) is 17.0 Å². The Bertz CT molecular complexity index is 817. The van der Waals surface area contributed by atoms with E-state index < -0.39 is 0 Å². The molecule has 0 saturated carbocycles. The van der Waals surface area contributed by atoms with Crippen molar-refractivity contribution >= 4 is 46.0 Å². The van der Waals surface area contributed by atoms with Gasteiger partial charge in [-0.15, -0.1) is 0 Å². The summed E-state index contributed by atoms with van der Waals surface area (Å²) in [4.78, 5) is 13.2. The lowest BCUT2D eigenvalue weighted by atomic mass is 10.2. The minimum atomic E-state index is -0.161. The summed E-state index contributed by atoms with van der Waals surface area (Å²) >= 11 is 6.59. The highest BCUT2D eigenvalue weighted by atomic mass is 32.2. The first-order chi connectivity index (χ1) is 12.2. The molecule has 1 N–H and O–H groups in total. The van der Waals surface area contributed by atoms with Crippen molar-refractivity contribution in [3.63, 3.8) is 0 Å². The van der Waals surface area contributed by atoms with Gasteiger partial charge >= 0.3 is 0 Å². The van der Waals surface area contributed by atoms with Gasteiger partial charge in [-0.2, -0.15) is 0 Å². The summed E-state index contributed by atoms with van der Waals surface area (Å²) in [5.74, 6) is 0.598. The van der Waals surface area contributed by atoms with Gasteiger partial charge in [0.1, 0.15) is 12.4 Å². The standard InChI is InChI=1S/C19H16N2O2S2/c1-2-12-23-16-10-8-14(9-11-16)13-17-18(22)21(19(24)25-17)20-15-6-4-3-5-7-15/h2-11,13,20H,1,12H2/b17-13+. The third kappa shape index (κ3) is 4.29. The molecule has 0 aliphatic carbocycles. The number of hydrogen-bond donors (Lipinski definition) is 1. The number of thiocarbonyl (C=S) groups is 1. The average molecular weight is 368 g/mol. The van der Waals surface area contributed by atoms with Crippen LogP contribution in [0.5, 0.6) is 5.75 Å². The molecule has 0 atom stereocenters. The van der Waals surface area contributed by atoms with E-state index in [0.717, 1.165) is 17.0 Å². The molecular weight excluding hydrogens is 352 g/mol. The van der Waals surface area contributed by atoms with Crippen molar-refractivity contribution in [1.82, 2.24) is 5.01 Å². The maximum atomic E-state index is 12.6. The SMILES string of the molecule is C=CCOc1ccc(/C=C2/SC(=S)N(Nc3ccccc3)C2=O)cc1. The molecule has 0 bridgehead atoms. The van der Waals surface area contributed by atoms with Crippen molar-refractivity contribution in [3.05, 3.63) is 77.7 Å². The van der Waals surface area contributed by atoms with Crippen LogP contribution in [0.2, 0.25) is 0 Å². The molecule has 25 heavy (non-hydrogen) atoms. The Morgan fingerprint density at radius 1 is 1.16 bits per heavy atom. The van der Waals surface area contributed by atoms with Crippen LogP contribution in [0.1, 0.15) is 5.56 Å². The monoisotopic (exact) mass is 368 g/mol. The van der Waals surface area contributed by atoms with E-state index in [1.54, 1.807) is 6.08 Å². The van der Waals surface area contributed by atoms with Crippen LogP contribution in [0.15, 0.2) is 72.2 Å². The van der Waals surface area contributed by atoms with Crippen molar-refractivity contribution in [1.29, 1.82) is 0 Å². The third-order valence-corrected chi connectivity index (χ3v) is 4.66. The van der Waals surface area contributed by atoms with Gasteiger partial charge in [-0.3, -0.25) is 10.2 Å². The molecule has 3 rings (SSSR count). The van der Waals surface area contributed by atoms with Gasteiger partial charge in [0.2, 0.25) is 0 Å². The second-order valence-corrected chi connectivity index (χ2v) is 6.84. The lowest BCUT2D eigenvalue weighted by Gasteiger charge is -2.16. The molecule has 0 radical (unpaired) electrons. The molecule has 4 nitrogen and oxygen atoms in total. The predicted octanol–water partition coefficient (Wildman–Crippen LogP) is 4.48. The molecule has 1 saturated heterocycles. The fourth-order valence-corrected chi connectivity index (χ4v) is 3.35. The van der Waals surface area contributed by atoms with Gasteiger partial charge < -0.3 is 4.74 Å². The third-order valence-electron chi connectivity index (χ3n) is 3.35. The minimum absolute atomic E-state index is 0.161. The molecule has 1 heterocycles. The molecule has 1 amide bonds. The molecule has 0 unspecified atom stereocenters. The van der Waals surface area contributed by atoms with Crippen LogP contribution < -0.4 is 10.2 Å². The maximum Gasteiger partial charge on any atom is 0.285 e. The van der Waals surface area contributed by atoms with Crippen LogP contribution in [-0.4, -0.2) is 21.8 Å². The summed E-state index contributed by atoms with van der Waals surface area (Å²) in [6, 6.07) is 17.0. The lowest BCUT2D eigenvalue weighted by molar-refractivity contribution is -0.121. The highest BCUT2D eigenvalue weighted by molar-refractivity contribution is 8.26. The van der Waals surface area contributed by atoms with Gasteiger partial charge in [0.25, 0.3) is 5.91 Å². The number of benzene rings is 2. The topological polar surface area (TPSA) is 41.6 Å². The zero-order valence-corrected chi connectivity index (χ0v) is 15.0. The van der Waals surface area contributed by atoms with Crippen LogP contribution in [-0.2, 0) is 4.79 Å². The predicted molar refractivity (Wildman–Crippen MR) is 107 cm³/mol. The summed E-state index contributed by atoms with van der Waals surface area (Å²) < 4.78 is 5.93. The van der Waals surface area contributed by atoms with E-state index in [9.17, 15) is 4.79 Å². The first-order valence-electron chi connectivity index (χ1n) is 7.61. The van der Waals surface area contributed by atoms with Gasteiger partial charge in [-0.1, -0.05) is 54.7 Å². The van der Waals surface area contributed by atoms with Crippen LogP contribution in [0.4, 0.5) is 5.69 Å². The summed E-state index contributed by atoms with van der Waals surface area (Å²) in [7, 11) is 0. The van der Waals surface area contributed by atoms with Crippen LogP contribution in [0.3, 0.4) is 0 Å². The molecule has 6 heteroatoms. The lowest BCUT2D eigenvalue weighted by Crippen LogP contribution is -2.33. The highest BCUT2D eigenvalue weighted by Gasteiger charge is 2.32. The van der Waals surface area contributed by atoms with Gasteiger partial charge in [0.05, 0.1) is 10.6 Å². The Morgan fingerprint density at radius 3 is 2.56 bits per heavy atom. The Labute approximate surface area is 156 Å². The van der Waals surface area contributed by atoms with E-state index in [1.807, 2.05) is 60.7 Å². The number of amides is 1. The number of carbonyl (C=O) groups is 1. The number of nitrogens with zero attached hydrogens (tertiary/aromatic N) is 1. The first-order valence-corrected chi connectivity index (χ1v) is 8.83. The fourth-order valence-electron chi connectivity index (χ4n) is 2.17. The number of hydrogen-bond acceptors (Lipinski definition) is 5. The molecule has 0 spiro atoms. The number of anilines is 1. The summed E-state index contributed by atoms with van der Waals surface area (Å²) in [5, 5.41) is 1.39. The number of ether oxygens (including phenoxy) is 1. The Morgan fingerprint density at radius 2 is 1.88 bits per heavy atom. The molecular formula is C19H16N2O2S2. The van der Waals surface area contributed by atoms with Crippen molar-refractivity contribution in [2.24, 2.45) is 0 Å². The van der Waals surface area contributed by atoms with E-state index in [-0.39, 0.29) is 5.91 Å². The van der Waals surface area contributed by atoms with Gasteiger partial charge in [0.15, 0.2) is 4.32 Å². The largest absolute Gasteiger partial charge is 0.490 e. The van der Waals surface area contributed by atoms with Gasteiger partial charge in [-0.25, -0.2) is 5.01 Å². The van der Waals surface area contributed by atoms with E-state index in [2.05, 4.69) is 12.0 Å². The van der Waals surface area contributed by atoms with Gasteiger partial charge in [-0.05, 0) is 48.1 Å². The minimum Gasteiger partial charge on any atom is -0.490 e. The van der Waals surface area contributed by atoms with E-state index in [0.29, 0.717) is 15.8 Å². The van der Waals surface area contributed by atoms with Crippen molar-refractivity contribution in [2.45, 2.75) is 0 Å². The number of rotatable bonds is 6. The Balaban J connectivity index is 1.72. The molecule has 0 aromatic heterocycles. The van der Waals surface area contributed by atoms with E-state index >= 15 is 0 Å². The molecule has 126 valence electrons. The van der Waals surface area contributed by atoms with Crippen molar-refractivity contribution in [3.8, 4) is 5.75 Å². The van der Waals surface area contributed by atoms with Crippen LogP contribution in [0.25, 0.3) is 6.08 Å². The normalized spacial score (nSPS) is 15.5. The second kappa shape index (κ2) is 8.00. The number of para-hydroxylation sites is 1. The highest BCUT2D eigenvalue weighted by Crippen LogP contribution is 2.32.